The lowest BCUT2D eigenvalue weighted by molar-refractivity contribution is -0.174. The van der Waals surface area contributed by atoms with Crippen LogP contribution in [0.2, 0.25) is 0 Å². The zero-order valence-corrected chi connectivity index (χ0v) is 17.1. The third-order valence-electron chi connectivity index (χ3n) is 5.38. The van der Waals surface area contributed by atoms with E-state index in [0.717, 1.165) is 19.3 Å². The van der Waals surface area contributed by atoms with Crippen molar-refractivity contribution in [2.24, 2.45) is 0 Å². The number of carbonyl (C=O) groups excluding carboxylic acids is 2. The van der Waals surface area contributed by atoms with E-state index in [0.29, 0.717) is 6.42 Å². The average Bonchev–Trinajstić information content (AvgIpc) is 2.91. The Morgan fingerprint density at radius 2 is 1.52 bits per heavy atom. The topological polar surface area (TPSA) is 83.8 Å². The summed E-state index contributed by atoms with van der Waals surface area (Å²) in [5.74, 6) is -1.18. The predicted molar refractivity (Wildman–Crippen MR) is 106 cm³/mol. The molecule has 3 atom stereocenters. The van der Waals surface area contributed by atoms with Crippen molar-refractivity contribution in [1.82, 2.24) is 0 Å². The molecule has 2 N–H and O–H groups in total. The Labute approximate surface area is 164 Å². The number of hydrogen-bond acceptors (Lipinski definition) is 5. The summed E-state index contributed by atoms with van der Waals surface area (Å²) in [4.78, 5) is 23.1. The maximum Gasteiger partial charge on any atom is 0.303 e. The molecule has 156 valence electrons. The van der Waals surface area contributed by atoms with Crippen molar-refractivity contribution < 1.29 is 24.5 Å². The molecular formula is C22H38O5. The standard InChI is InChI=1S/C22H38O5/c1-3-4-5-6-7-8-9-10-11-12-13-14-15-19(24)22(26)20(25)16-17-21(22)27-18(2)23/h16-17,19,21,24,26H,3-15H2,1-2H3/t19?,21-,22+/m0/s1. The highest BCUT2D eigenvalue weighted by Crippen LogP contribution is 2.30. The van der Waals surface area contributed by atoms with Crippen LogP contribution in [-0.2, 0) is 14.3 Å². The van der Waals surface area contributed by atoms with Crippen LogP contribution >= 0.6 is 0 Å². The van der Waals surface area contributed by atoms with Crippen molar-refractivity contribution in [3.63, 3.8) is 0 Å². The second-order valence-corrected chi connectivity index (χ2v) is 7.77. The highest BCUT2D eigenvalue weighted by atomic mass is 16.6. The molecule has 5 nitrogen and oxygen atoms in total. The van der Waals surface area contributed by atoms with Crippen LogP contribution in [0.1, 0.15) is 97.3 Å². The largest absolute Gasteiger partial charge is 0.455 e. The quantitative estimate of drug-likeness (QED) is 0.327. The fourth-order valence-corrected chi connectivity index (χ4v) is 3.66. The summed E-state index contributed by atoms with van der Waals surface area (Å²) >= 11 is 0. The predicted octanol–water partition coefficient (Wildman–Crippen LogP) is 4.24. The van der Waals surface area contributed by atoms with Crippen molar-refractivity contribution >= 4 is 11.8 Å². The van der Waals surface area contributed by atoms with Crippen molar-refractivity contribution in [3.8, 4) is 0 Å². The van der Waals surface area contributed by atoms with Gasteiger partial charge in [0.05, 0.1) is 6.10 Å². The Bertz CT molecular complexity index is 473. The molecule has 0 radical (unpaired) electrons. The summed E-state index contributed by atoms with van der Waals surface area (Å²) in [5, 5.41) is 20.9. The van der Waals surface area contributed by atoms with Gasteiger partial charge in [-0.15, -0.1) is 0 Å². The first kappa shape index (κ1) is 23.8. The summed E-state index contributed by atoms with van der Waals surface area (Å²) in [6, 6.07) is 0. The number of aliphatic hydroxyl groups is 2. The summed E-state index contributed by atoms with van der Waals surface area (Å²) in [5.41, 5.74) is -2.04. The molecular weight excluding hydrogens is 344 g/mol. The van der Waals surface area contributed by atoms with E-state index in [1.54, 1.807) is 0 Å². The van der Waals surface area contributed by atoms with Crippen molar-refractivity contribution in [2.75, 3.05) is 0 Å². The first-order valence-corrected chi connectivity index (χ1v) is 10.7. The molecule has 0 aromatic carbocycles. The smallest absolute Gasteiger partial charge is 0.303 e. The van der Waals surface area contributed by atoms with Gasteiger partial charge in [0.1, 0.15) is 0 Å². The molecule has 0 saturated carbocycles. The van der Waals surface area contributed by atoms with Gasteiger partial charge in [-0.1, -0.05) is 84.0 Å². The van der Waals surface area contributed by atoms with Gasteiger partial charge in [-0.05, 0) is 18.6 Å². The molecule has 1 aliphatic carbocycles. The van der Waals surface area contributed by atoms with Gasteiger partial charge in [0, 0.05) is 6.92 Å². The Balaban J connectivity index is 2.12. The zero-order valence-electron chi connectivity index (χ0n) is 17.1. The SMILES string of the molecule is CCCCCCCCCCCCCCC(O)[C@@]1(O)C(=O)C=C[C@@H]1OC(C)=O. The number of unbranched alkanes of at least 4 members (excludes halogenated alkanes) is 11. The first-order chi connectivity index (χ1) is 12.9. The monoisotopic (exact) mass is 382 g/mol. The Morgan fingerprint density at radius 3 is 2.00 bits per heavy atom. The Kier molecular flexibility index (Phi) is 11.5. The second kappa shape index (κ2) is 13.1. The molecule has 0 aromatic rings. The van der Waals surface area contributed by atoms with Crippen molar-refractivity contribution in [3.05, 3.63) is 12.2 Å². The molecule has 1 rings (SSSR count). The van der Waals surface area contributed by atoms with Crippen LogP contribution in [-0.4, -0.2) is 39.8 Å². The average molecular weight is 383 g/mol. The molecule has 0 heterocycles. The van der Waals surface area contributed by atoms with Crippen LogP contribution in [0.4, 0.5) is 0 Å². The van der Waals surface area contributed by atoms with Crippen LogP contribution in [0.15, 0.2) is 12.2 Å². The van der Waals surface area contributed by atoms with Gasteiger partial charge < -0.3 is 14.9 Å². The molecule has 0 aliphatic heterocycles. The van der Waals surface area contributed by atoms with Crippen molar-refractivity contribution in [1.29, 1.82) is 0 Å². The van der Waals surface area contributed by atoms with Gasteiger partial charge in [-0.3, -0.25) is 9.59 Å². The minimum Gasteiger partial charge on any atom is -0.455 e. The molecule has 1 unspecified atom stereocenters. The summed E-state index contributed by atoms with van der Waals surface area (Å²) < 4.78 is 4.97. The van der Waals surface area contributed by atoms with Gasteiger partial charge in [0.15, 0.2) is 17.5 Å². The first-order valence-electron chi connectivity index (χ1n) is 10.7. The van der Waals surface area contributed by atoms with E-state index in [1.807, 2.05) is 0 Å². The summed E-state index contributed by atoms with van der Waals surface area (Å²) in [6.45, 7) is 3.45. The minimum absolute atomic E-state index is 0.319. The maximum atomic E-state index is 12.0. The highest BCUT2D eigenvalue weighted by Gasteiger charge is 2.52. The van der Waals surface area contributed by atoms with Crippen LogP contribution in [0.3, 0.4) is 0 Å². The van der Waals surface area contributed by atoms with E-state index in [1.165, 1.54) is 76.9 Å². The van der Waals surface area contributed by atoms with Crippen LogP contribution in [0.5, 0.6) is 0 Å². The second-order valence-electron chi connectivity index (χ2n) is 7.77. The number of esters is 1. The van der Waals surface area contributed by atoms with E-state index >= 15 is 0 Å². The molecule has 5 heteroatoms. The summed E-state index contributed by atoms with van der Waals surface area (Å²) in [7, 11) is 0. The number of rotatable bonds is 15. The van der Waals surface area contributed by atoms with E-state index < -0.39 is 29.6 Å². The third-order valence-corrected chi connectivity index (χ3v) is 5.38. The van der Waals surface area contributed by atoms with Gasteiger partial charge in [-0.2, -0.15) is 0 Å². The number of carbonyl (C=O) groups is 2. The molecule has 0 saturated heterocycles. The van der Waals surface area contributed by atoms with Crippen molar-refractivity contribution in [2.45, 2.75) is 115 Å². The van der Waals surface area contributed by atoms with Crippen LogP contribution < -0.4 is 0 Å². The zero-order chi connectivity index (χ0) is 20.1. The Hall–Kier alpha value is -1.20. The van der Waals surface area contributed by atoms with E-state index in [2.05, 4.69) is 6.92 Å². The number of hydrogen-bond donors (Lipinski definition) is 2. The molecule has 0 bridgehead atoms. The van der Waals surface area contributed by atoms with E-state index in [-0.39, 0.29) is 0 Å². The molecule has 0 spiro atoms. The van der Waals surface area contributed by atoms with Crippen LogP contribution in [0, 0.1) is 0 Å². The minimum atomic E-state index is -2.04. The van der Waals surface area contributed by atoms with Gasteiger partial charge >= 0.3 is 5.97 Å². The van der Waals surface area contributed by atoms with E-state index in [9.17, 15) is 19.8 Å². The third kappa shape index (κ3) is 8.14. The normalized spacial score (nSPS) is 23.0. The molecule has 0 aromatic heterocycles. The number of ketones is 1. The lowest BCUT2D eigenvalue weighted by Crippen LogP contribution is -2.55. The highest BCUT2D eigenvalue weighted by molar-refractivity contribution is 6.01. The fourth-order valence-electron chi connectivity index (χ4n) is 3.66. The maximum absolute atomic E-state index is 12.0. The summed E-state index contributed by atoms with van der Waals surface area (Å²) in [6.07, 6.45) is 15.1. The number of aliphatic hydroxyl groups excluding tert-OH is 1. The molecule has 27 heavy (non-hydrogen) atoms. The molecule has 0 fully saturated rings. The molecule has 1 aliphatic rings. The van der Waals surface area contributed by atoms with Crippen LogP contribution in [0.25, 0.3) is 0 Å². The van der Waals surface area contributed by atoms with E-state index in [4.69, 9.17) is 4.74 Å². The lowest BCUT2D eigenvalue weighted by Gasteiger charge is -2.32. The van der Waals surface area contributed by atoms with Gasteiger partial charge in [0.25, 0.3) is 0 Å². The Morgan fingerprint density at radius 1 is 1.04 bits per heavy atom. The fraction of sp³-hybridized carbons (Fsp3) is 0.818. The van der Waals surface area contributed by atoms with Gasteiger partial charge in [-0.25, -0.2) is 0 Å². The number of ether oxygens (including phenoxy) is 1. The van der Waals surface area contributed by atoms with Gasteiger partial charge in [0.2, 0.25) is 0 Å². The lowest BCUT2D eigenvalue weighted by atomic mass is 9.87. The molecule has 0 amide bonds.